The number of ether oxygens (including phenoxy) is 1. The molecule has 0 heterocycles. The number of methoxy groups -OCH3 is 1. The molecule has 0 spiro atoms. The summed E-state index contributed by atoms with van der Waals surface area (Å²) in [5.41, 5.74) is 2.42. The Morgan fingerprint density at radius 2 is 2.00 bits per heavy atom. The summed E-state index contributed by atoms with van der Waals surface area (Å²) in [5.74, 6) is 0.479. The lowest BCUT2D eigenvalue weighted by Crippen LogP contribution is -2.38. The van der Waals surface area contributed by atoms with Gasteiger partial charge in [-0.3, -0.25) is 4.79 Å². The van der Waals surface area contributed by atoms with E-state index in [1.807, 2.05) is 19.1 Å². The average Bonchev–Trinajstić information content (AvgIpc) is 2.46. The van der Waals surface area contributed by atoms with Gasteiger partial charge in [-0.1, -0.05) is 24.3 Å². The Morgan fingerprint density at radius 1 is 1.29 bits per heavy atom. The second-order valence-electron chi connectivity index (χ2n) is 4.37. The first-order valence-corrected chi connectivity index (χ1v) is 6.81. The second-order valence-corrected chi connectivity index (χ2v) is 4.37. The van der Waals surface area contributed by atoms with Gasteiger partial charge in [-0.2, -0.15) is 0 Å². The van der Waals surface area contributed by atoms with Gasteiger partial charge < -0.3 is 15.4 Å². The summed E-state index contributed by atoms with van der Waals surface area (Å²) in [6.45, 7) is 5.97. The third-order valence-corrected chi connectivity index (χ3v) is 2.86. The molecule has 0 unspecified atom stereocenters. The van der Waals surface area contributed by atoms with E-state index in [-0.39, 0.29) is 29.9 Å². The van der Waals surface area contributed by atoms with Crippen molar-refractivity contribution in [3.8, 4) is 0 Å². The zero-order chi connectivity index (χ0) is 14.8. The van der Waals surface area contributed by atoms with Gasteiger partial charge in [0.25, 0.3) is 0 Å². The van der Waals surface area contributed by atoms with E-state index in [1.54, 1.807) is 0 Å². The molecule has 1 aromatic carbocycles. The standard InChI is InChI=1S/C15H23N3O2.HI/c1-4-16-15(17-10-9-14(19)20-3)18-11-13-8-6-5-7-12(13)2;/h5-8H,4,9-11H2,1-3H3,(H2,16,17,18);1H. The van der Waals surface area contributed by atoms with Crippen molar-refractivity contribution in [3.05, 3.63) is 35.4 Å². The van der Waals surface area contributed by atoms with Crippen LogP contribution in [0.25, 0.3) is 0 Å². The van der Waals surface area contributed by atoms with Crippen molar-refractivity contribution in [2.75, 3.05) is 20.2 Å². The molecule has 0 fully saturated rings. The van der Waals surface area contributed by atoms with Crippen LogP contribution < -0.4 is 10.6 Å². The number of carbonyl (C=O) groups excluding carboxylic acids is 1. The minimum atomic E-state index is -0.229. The summed E-state index contributed by atoms with van der Waals surface area (Å²) < 4.78 is 4.60. The Labute approximate surface area is 143 Å². The lowest BCUT2D eigenvalue weighted by atomic mass is 10.1. The van der Waals surface area contributed by atoms with Crippen LogP contribution in [-0.4, -0.2) is 32.1 Å². The maximum atomic E-state index is 11.1. The van der Waals surface area contributed by atoms with Crippen LogP contribution in [0.4, 0.5) is 0 Å². The molecule has 0 amide bonds. The molecule has 0 saturated carbocycles. The van der Waals surface area contributed by atoms with Crippen molar-refractivity contribution in [3.63, 3.8) is 0 Å². The van der Waals surface area contributed by atoms with E-state index in [0.29, 0.717) is 25.5 Å². The molecule has 0 aliphatic heterocycles. The van der Waals surface area contributed by atoms with Gasteiger partial charge in [-0.25, -0.2) is 4.99 Å². The highest BCUT2D eigenvalue weighted by molar-refractivity contribution is 14.0. The van der Waals surface area contributed by atoms with Gasteiger partial charge in [-0.15, -0.1) is 24.0 Å². The molecule has 0 aliphatic rings. The third kappa shape index (κ3) is 7.89. The first-order chi connectivity index (χ1) is 9.67. The number of nitrogens with zero attached hydrogens (tertiary/aromatic N) is 1. The van der Waals surface area contributed by atoms with E-state index in [9.17, 15) is 4.79 Å². The second kappa shape index (κ2) is 11.4. The number of guanidine groups is 1. The Bertz CT molecular complexity index is 464. The summed E-state index contributed by atoms with van der Waals surface area (Å²) in [7, 11) is 1.39. The van der Waals surface area contributed by atoms with Crippen molar-refractivity contribution in [1.29, 1.82) is 0 Å². The largest absolute Gasteiger partial charge is 0.469 e. The zero-order valence-corrected chi connectivity index (χ0v) is 15.1. The maximum absolute atomic E-state index is 11.1. The first kappa shape index (κ1) is 19.7. The van der Waals surface area contributed by atoms with Crippen molar-refractivity contribution >= 4 is 35.9 Å². The number of halogens is 1. The number of rotatable bonds is 6. The average molecular weight is 405 g/mol. The number of hydrogen-bond acceptors (Lipinski definition) is 3. The highest BCUT2D eigenvalue weighted by atomic mass is 127. The molecule has 5 nitrogen and oxygen atoms in total. The van der Waals surface area contributed by atoms with Crippen molar-refractivity contribution in [2.45, 2.75) is 26.8 Å². The smallest absolute Gasteiger partial charge is 0.307 e. The molecule has 6 heteroatoms. The molecular weight excluding hydrogens is 381 g/mol. The monoisotopic (exact) mass is 405 g/mol. The molecule has 0 atom stereocenters. The minimum Gasteiger partial charge on any atom is -0.469 e. The number of esters is 1. The molecule has 1 aromatic rings. The van der Waals surface area contributed by atoms with Gasteiger partial charge in [0.05, 0.1) is 20.1 Å². The van der Waals surface area contributed by atoms with E-state index >= 15 is 0 Å². The fourth-order valence-corrected chi connectivity index (χ4v) is 1.68. The normalized spacial score (nSPS) is 10.5. The highest BCUT2D eigenvalue weighted by Gasteiger charge is 2.02. The summed E-state index contributed by atoms with van der Waals surface area (Å²) in [6, 6.07) is 8.16. The van der Waals surface area contributed by atoms with Crippen molar-refractivity contribution < 1.29 is 9.53 Å². The van der Waals surface area contributed by atoms with E-state index in [1.165, 1.54) is 18.2 Å². The predicted octanol–water partition coefficient (Wildman–Crippen LogP) is 2.23. The summed E-state index contributed by atoms with van der Waals surface area (Å²) in [5, 5.41) is 6.26. The Morgan fingerprint density at radius 3 is 2.62 bits per heavy atom. The number of aryl methyl sites for hydroxylation is 1. The quantitative estimate of drug-likeness (QED) is 0.330. The van der Waals surface area contributed by atoms with Crippen LogP contribution in [0.2, 0.25) is 0 Å². The first-order valence-electron chi connectivity index (χ1n) is 6.81. The minimum absolute atomic E-state index is 0. The van der Waals surface area contributed by atoms with Crippen LogP contribution >= 0.6 is 24.0 Å². The SMILES string of the molecule is CCNC(=NCc1ccccc1C)NCCC(=O)OC.I. The van der Waals surface area contributed by atoms with Crippen LogP contribution in [-0.2, 0) is 16.1 Å². The molecule has 0 radical (unpaired) electrons. The van der Waals surface area contributed by atoms with E-state index in [0.717, 1.165) is 6.54 Å². The number of hydrogen-bond donors (Lipinski definition) is 2. The van der Waals surface area contributed by atoms with Crippen LogP contribution in [0, 0.1) is 6.92 Å². The van der Waals surface area contributed by atoms with Crippen LogP contribution in [0.5, 0.6) is 0 Å². The van der Waals surface area contributed by atoms with Crippen molar-refractivity contribution in [2.24, 2.45) is 4.99 Å². The van der Waals surface area contributed by atoms with Gasteiger partial charge >= 0.3 is 5.97 Å². The summed E-state index contributed by atoms with van der Waals surface area (Å²) in [6.07, 6.45) is 0.325. The predicted molar refractivity (Wildman–Crippen MR) is 96.0 cm³/mol. The molecule has 0 bridgehead atoms. The van der Waals surface area contributed by atoms with E-state index < -0.39 is 0 Å². The van der Waals surface area contributed by atoms with Crippen LogP contribution in [0.15, 0.2) is 29.3 Å². The molecule has 0 saturated heterocycles. The Kier molecular flexibility index (Phi) is 10.7. The molecule has 1 rings (SSSR count). The van der Waals surface area contributed by atoms with Gasteiger partial charge in [0.2, 0.25) is 0 Å². The Hall–Kier alpha value is -1.31. The molecule has 0 aromatic heterocycles. The number of benzene rings is 1. The number of carbonyl (C=O) groups is 1. The molecule has 118 valence electrons. The highest BCUT2D eigenvalue weighted by Crippen LogP contribution is 2.07. The van der Waals surface area contributed by atoms with E-state index in [2.05, 4.69) is 39.4 Å². The van der Waals surface area contributed by atoms with Crippen LogP contribution in [0.1, 0.15) is 24.5 Å². The van der Waals surface area contributed by atoms with Crippen molar-refractivity contribution in [1.82, 2.24) is 10.6 Å². The maximum Gasteiger partial charge on any atom is 0.307 e. The molecule has 0 aliphatic carbocycles. The lowest BCUT2D eigenvalue weighted by Gasteiger charge is -2.11. The van der Waals surface area contributed by atoms with Gasteiger partial charge in [-0.05, 0) is 25.0 Å². The zero-order valence-electron chi connectivity index (χ0n) is 12.8. The summed E-state index contributed by atoms with van der Waals surface area (Å²) >= 11 is 0. The number of nitrogens with one attached hydrogen (secondary N) is 2. The van der Waals surface area contributed by atoms with Crippen LogP contribution in [0.3, 0.4) is 0 Å². The third-order valence-electron chi connectivity index (χ3n) is 2.86. The molecule has 21 heavy (non-hydrogen) atoms. The lowest BCUT2D eigenvalue weighted by molar-refractivity contribution is -0.140. The van der Waals surface area contributed by atoms with E-state index in [4.69, 9.17) is 0 Å². The summed E-state index contributed by atoms with van der Waals surface area (Å²) in [4.78, 5) is 15.6. The molecule has 2 N–H and O–H groups in total. The fourth-order valence-electron chi connectivity index (χ4n) is 1.68. The molecular formula is C15H24IN3O2. The topological polar surface area (TPSA) is 62.7 Å². The Balaban J connectivity index is 0.00000400. The van der Waals surface area contributed by atoms with Gasteiger partial charge in [0, 0.05) is 13.1 Å². The van der Waals surface area contributed by atoms with Gasteiger partial charge in [0.15, 0.2) is 5.96 Å². The van der Waals surface area contributed by atoms with Gasteiger partial charge in [0.1, 0.15) is 0 Å². The number of aliphatic imine (C=N–C) groups is 1. The fraction of sp³-hybridized carbons (Fsp3) is 0.467.